The van der Waals surface area contributed by atoms with Crippen molar-refractivity contribution in [3.63, 3.8) is 0 Å². The molecule has 0 unspecified atom stereocenters. The van der Waals surface area contributed by atoms with E-state index in [9.17, 15) is 15.2 Å². The Morgan fingerprint density at radius 2 is 1.85 bits per heavy atom. The van der Waals surface area contributed by atoms with Crippen molar-refractivity contribution in [2.24, 2.45) is 12.0 Å². The van der Waals surface area contributed by atoms with E-state index < -0.39 is 10.8 Å². The minimum Gasteiger partial charge on any atom is -0.858 e. The zero-order valence-electron chi connectivity index (χ0n) is 18.9. The molecule has 10 heteroatoms. The van der Waals surface area contributed by atoms with Crippen molar-refractivity contribution in [3.8, 4) is 0 Å². The lowest BCUT2D eigenvalue weighted by Gasteiger charge is -2.27. The van der Waals surface area contributed by atoms with Gasteiger partial charge in [-0.1, -0.05) is 36.4 Å². The molecule has 0 saturated carbocycles. The first-order valence-electron chi connectivity index (χ1n) is 10.4. The van der Waals surface area contributed by atoms with Crippen LogP contribution in [-0.4, -0.2) is 52.5 Å². The molecule has 2 heterocycles. The monoisotopic (exact) mass is 447 g/mol. The molecule has 0 amide bonds. The van der Waals surface area contributed by atoms with Gasteiger partial charge in [0.25, 0.3) is 0 Å². The van der Waals surface area contributed by atoms with Crippen molar-refractivity contribution < 1.29 is 10.0 Å². The van der Waals surface area contributed by atoms with Crippen LogP contribution in [0.4, 0.5) is 17.3 Å². The number of imidazole rings is 1. The van der Waals surface area contributed by atoms with Gasteiger partial charge in [-0.15, -0.1) is 0 Å². The summed E-state index contributed by atoms with van der Waals surface area (Å²) in [5, 5.41) is 25.9. The van der Waals surface area contributed by atoms with Gasteiger partial charge in [0.2, 0.25) is 6.33 Å². The normalized spacial score (nSPS) is 12.5. The quantitative estimate of drug-likeness (QED) is 0.120. The summed E-state index contributed by atoms with van der Waals surface area (Å²) in [4.78, 5) is 23.7. The molecule has 4 aromatic rings. The lowest BCUT2D eigenvalue weighted by Crippen LogP contribution is -2.44. The Labute approximate surface area is 190 Å². The Bertz CT molecular complexity index is 1420. The first-order valence-corrected chi connectivity index (χ1v) is 10.4. The maximum absolute atomic E-state index is 13.0. The molecule has 0 fully saturated rings. The highest BCUT2D eigenvalue weighted by Gasteiger charge is 2.34. The molecular weight excluding hydrogens is 422 g/mol. The van der Waals surface area contributed by atoms with Gasteiger partial charge in [-0.05, 0) is 28.3 Å². The van der Waals surface area contributed by atoms with Crippen molar-refractivity contribution in [2.45, 2.75) is 6.92 Å². The highest BCUT2D eigenvalue weighted by molar-refractivity contribution is 6.13. The second-order valence-electron chi connectivity index (χ2n) is 8.55. The number of anilines is 1. The molecule has 0 atom stereocenters. The fraction of sp³-hybridized carbons (Fsp3) is 0.261. The van der Waals surface area contributed by atoms with Crippen molar-refractivity contribution in [1.82, 2.24) is 19.0 Å². The SMILES string of the molecule is Cc1cccc2c(N)c3cccc(C([O-])=NCC[N+](C)(C)c4c([N+](=O)[O-])ncn4C)c3nc12. The van der Waals surface area contributed by atoms with Gasteiger partial charge in [-0.2, -0.15) is 0 Å². The number of rotatable bonds is 6. The van der Waals surface area contributed by atoms with E-state index in [1.807, 2.05) is 45.3 Å². The van der Waals surface area contributed by atoms with Crippen molar-refractivity contribution in [2.75, 3.05) is 32.9 Å². The molecule has 2 N–H and O–H groups in total. The minimum atomic E-state index is -0.504. The average molecular weight is 447 g/mol. The third-order valence-corrected chi connectivity index (χ3v) is 5.86. The largest absolute Gasteiger partial charge is 0.858 e. The molecule has 33 heavy (non-hydrogen) atoms. The molecule has 0 radical (unpaired) electrons. The third-order valence-electron chi connectivity index (χ3n) is 5.86. The number of hydrogen-bond donors (Lipinski definition) is 1. The third kappa shape index (κ3) is 3.85. The van der Waals surface area contributed by atoms with E-state index in [2.05, 4.69) is 9.98 Å². The fourth-order valence-electron chi connectivity index (χ4n) is 4.17. The van der Waals surface area contributed by atoms with Crippen LogP contribution in [0.15, 0.2) is 47.7 Å². The highest BCUT2D eigenvalue weighted by Crippen LogP contribution is 2.31. The lowest BCUT2D eigenvalue weighted by molar-refractivity contribution is -0.389. The smallest absolute Gasteiger partial charge is 0.446 e. The van der Waals surface area contributed by atoms with Gasteiger partial charge in [0.15, 0.2) is 0 Å². The van der Waals surface area contributed by atoms with E-state index in [1.165, 1.54) is 6.33 Å². The maximum Gasteiger partial charge on any atom is 0.446 e. The van der Waals surface area contributed by atoms with Crippen molar-refractivity contribution in [3.05, 3.63) is 64.0 Å². The van der Waals surface area contributed by atoms with E-state index in [-0.39, 0.29) is 16.8 Å². The Balaban J connectivity index is 1.68. The molecule has 2 aromatic carbocycles. The number of para-hydroxylation sites is 2. The maximum atomic E-state index is 13.0. The van der Waals surface area contributed by atoms with Crippen LogP contribution in [-0.2, 0) is 7.05 Å². The average Bonchev–Trinajstić information content (AvgIpc) is 3.17. The summed E-state index contributed by atoms with van der Waals surface area (Å²) < 4.78 is 1.76. The number of aromatic nitrogens is 3. The Morgan fingerprint density at radius 3 is 2.55 bits per heavy atom. The topological polar surface area (TPSA) is 135 Å². The van der Waals surface area contributed by atoms with Gasteiger partial charge >= 0.3 is 11.6 Å². The van der Waals surface area contributed by atoms with Crippen molar-refractivity contribution in [1.29, 1.82) is 0 Å². The Kier molecular flexibility index (Phi) is 5.46. The van der Waals surface area contributed by atoms with Gasteiger partial charge < -0.3 is 21.0 Å². The van der Waals surface area contributed by atoms with E-state index in [1.54, 1.807) is 23.7 Å². The molecule has 0 bridgehead atoms. The summed E-state index contributed by atoms with van der Waals surface area (Å²) in [6.45, 7) is 2.49. The van der Waals surface area contributed by atoms with E-state index >= 15 is 0 Å². The number of hydrogen-bond acceptors (Lipinski definition) is 7. The van der Waals surface area contributed by atoms with E-state index in [0.717, 1.165) is 16.5 Å². The molecule has 0 saturated heterocycles. The second kappa shape index (κ2) is 8.14. The molecule has 0 spiro atoms. The number of nitro groups is 1. The number of quaternary nitrogens is 1. The first-order chi connectivity index (χ1) is 15.6. The number of aryl methyl sites for hydroxylation is 2. The molecule has 0 aliphatic rings. The van der Waals surface area contributed by atoms with Gasteiger partial charge in [-0.25, -0.2) is 4.98 Å². The fourth-order valence-corrected chi connectivity index (χ4v) is 4.17. The van der Waals surface area contributed by atoms with Crippen LogP contribution in [0.1, 0.15) is 11.1 Å². The molecule has 4 rings (SSSR count). The number of nitrogens with two attached hydrogens (primary N) is 1. The van der Waals surface area contributed by atoms with Crippen LogP contribution in [0, 0.1) is 17.0 Å². The molecular formula is C23H25N7O3. The van der Waals surface area contributed by atoms with E-state index in [0.29, 0.717) is 34.5 Å². The number of likely N-dealkylation sites (N-methyl/N-ethyl adjacent to an activating group) is 1. The van der Waals surface area contributed by atoms with Gasteiger partial charge in [0.05, 0.1) is 37.4 Å². The Morgan fingerprint density at radius 1 is 1.18 bits per heavy atom. The van der Waals surface area contributed by atoms with Crippen LogP contribution < -0.4 is 15.3 Å². The zero-order chi connectivity index (χ0) is 23.9. The summed E-state index contributed by atoms with van der Waals surface area (Å²) in [5.74, 6) is -0.172. The number of pyridine rings is 1. The van der Waals surface area contributed by atoms with Crippen LogP contribution in [0.3, 0.4) is 0 Å². The standard InChI is InChI=1S/C23H25N7O3/c1-14-7-5-8-15-18(24)16-9-6-10-17(20(16)27-19(14)15)22(31)25-11-12-30(3,4)23-21(29(32)33)26-13-28(23)2/h5-10,13H,11-12H2,1-4H3,(H2-,24,25,27,31). The first kappa shape index (κ1) is 22.2. The number of aliphatic imine (C=N–C) groups is 1. The van der Waals surface area contributed by atoms with Crippen LogP contribution in [0.2, 0.25) is 0 Å². The van der Waals surface area contributed by atoms with Gasteiger partial charge in [-0.3, -0.25) is 14.0 Å². The summed E-state index contributed by atoms with van der Waals surface area (Å²) in [7, 11) is 5.34. The van der Waals surface area contributed by atoms with Crippen LogP contribution >= 0.6 is 0 Å². The zero-order valence-corrected chi connectivity index (χ0v) is 18.9. The van der Waals surface area contributed by atoms with E-state index in [4.69, 9.17) is 10.7 Å². The molecule has 0 aliphatic carbocycles. The summed E-state index contributed by atoms with van der Waals surface area (Å²) in [6, 6.07) is 11.1. The molecule has 0 aliphatic heterocycles. The number of benzene rings is 2. The van der Waals surface area contributed by atoms with Gasteiger partial charge in [0.1, 0.15) is 6.54 Å². The summed E-state index contributed by atoms with van der Waals surface area (Å²) in [6.07, 6.45) is 1.41. The lowest BCUT2D eigenvalue weighted by atomic mass is 10.0. The molecule has 10 nitrogen and oxygen atoms in total. The van der Waals surface area contributed by atoms with Crippen LogP contribution in [0.5, 0.6) is 0 Å². The molecule has 2 aromatic heterocycles. The highest BCUT2D eigenvalue weighted by atomic mass is 16.6. The summed E-state index contributed by atoms with van der Waals surface area (Å²) >= 11 is 0. The number of nitrogen functional groups attached to an aromatic ring is 1. The van der Waals surface area contributed by atoms with Crippen molar-refractivity contribution >= 4 is 45.0 Å². The summed E-state index contributed by atoms with van der Waals surface area (Å²) in [5.41, 5.74) is 9.60. The number of fused-ring (bicyclic) bond motifs is 2. The predicted molar refractivity (Wildman–Crippen MR) is 128 cm³/mol. The predicted octanol–water partition coefficient (Wildman–Crippen LogP) is 2.29. The minimum absolute atomic E-state index is 0.147. The Hall–Kier alpha value is -4.05. The number of nitrogens with zero attached hydrogens (tertiary/aromatic N) is 6. The molecule has 170 valence electrons. The van der Waals surface area contributed by atoms with Crippen LogP contribution in [0.25, 0.3) is 21.8 Å². The van der Waals surface area contributed by atoms with Gasteiger partial charge in [0, 0.05) is 23.4 Å². The second-order valence-corrected chi connectivity index (χ2v) is 8.55.